The van der Waals surface area contributed by atoms with E-state index in [1.54, 1.807) is 13.2 Å². The van der Waals surface area contributed by atoms with E-state index in [0.717, 1.165) is 18.7 Å². The van der Waals surface area contributed by atoms with Crippen molar-refractivity contribution in [3.8, 4) is 0 Å². The third-order valence-electron chi connectivity index (χ3n) is 3.93. The predicted molar refractivity (Wildman–Crippen MR) is 92.3 cm³/mol. The number of piperidine rings is 1. The second kappa shape index (κ2) is 8.94. The average Bonchev–Trinajstić information content (AvgIpc) is 2.52. The molecule has 0 bridgehead atoms. The van der Waals surface area contributed by atoms with Gasteiger partial charge >= 0.3 is 0 Å². The van der Waals surface area contributed by atoms with Crippen LogP contribution in [0, 0.1) is 0 Å². The lowest BCUT2D eigenvalue weighted by Crippen LogP contribution is -2.54. The lowest BCUT2D eigenvalue weighted by molar-refractivity contribution is -0.146. The highest BCUT2D eigenvalue weighted by Crippen LogP contribution is 2.26. The quantitative estimate of drug-likeness (QED) is 0.841. The van der Waals surface area contributed by atoms with Gasteiger partial charge in [-0.3, -0.25) is 4.79 Å². The predicted octanol–water partition coefficient (Wildman–Crippen LogP) is 2.84. The second-order valence-electron chi connectivity index (χ2n) is 5.17. The maximum Gasteiger partial charge on any atom is 0.252 e. The Labute approximate surface area is 147 Å². The van der Waals surface area contributed by atoms with Crippen molar-refractivity contribution in [3.63, 3.8) is 0 Å². The summed E-state index contributed by atoms with van der Waals surface area (Å²) in [5, 5.41) is 7.27. The normalized spacial score (nSPS) is 16.7. The Morgan fingerprint density at radius 2 is 2.05 bits per heavy atom. The molecule has 2 N–H and O–H groups in total. The first kappa shape index (κ1) is 19.5. The maximum atomic E-state index is 12.4. The second-order valence-corrected chi connectivity index (χ2v) is 5.95. The minimum absolute atomic E-state index is 0. The van der Waals surface area contributed by atoms with E-state index < -0.39 is 5.60 Å². The number of nitrogens with one attached hydrogen (secondary N) is 2. The molecule has 1 heterocycles. The van der Waals surface area contributed by atoms with Crippen LogP contribution in [0.1, 0.15) is 18.4 Å². The average molecular weight is 368 g/mol. The van der Waals surface area contributed by atoms with Crippen molar-refractivity contribution in [2.45, 2.75) is 24.9 Å². The number of rotatable bonds is 5. The molecular weight excluding hydrogens is 347 g/mol. The fourth-order valence-electron chi connectivity index (χ4n) is 2.57. The van der Waals surface area contributed by atoms with Gasteiger partial charge in [-0.1, -0.05) is 35.3 Å². The van der Waals surface area contributed by atoms with Gasteiger partial charge in [0.25, 0.3) is 5.91 Å². The van der Waals surface area contributed by atoms with Crippen LogP contribution < -0.4 is 10.6 Å². The third-order valence-corrected chi connectivity index (χ3v) is 4.79. The Hall–Kier alpha value is -0.520. The van der Waals surface area contributed by atoms with Crippen LogP contribution in [-0.4, -0.2) is 38.3 Å². The van der Waals surface area contributed by atoms with Crippen molar-refractivity contribution in [3.05, 3.63) is 33.8 Å². The number of benzene rings is 1. The summed E-state index contributed by atoms with van der Waals surface area (Å²) in [5.41, 5.74) is 0.227. The molecule has 0 saturated carbocycles. The van der Waals surface area contributed by atoms with E-state index in [4.69, 9.17) is 27.9 Å². The molecule has 0 spiro atoms. The molecule has 1 amide bonds. The molecule has 0 atom stereocenters. The third kappa shape index (κ3) is 4.49. The Bertz CT molecular complexity index is 506. The highest BCUT2D eigenvalue weighted by Gasteiger charge is 2.39. The number of ether oxygens (including phenoxy) is 1. The molecule has 0 aliphatic carbocycles. The minimum atomic E-state index is -0.705. The van der Waals surface area contributed by atoms with Crippen LogP contribution in [0.5, 0.6) is 0 Å². The smallest absolute Gasteiger partial charge is 0.252 e. The first-order valence-corrected chi connectivity index (χ1v) is 7.82. The Kier molecular flexibility index (Phi) is 7.94. The van der Waals surface area contributed by atoms with Crippen molar-refractivity contribution in [2.75, 3.05) is 26.7 Å². The number of carbonyl (C=O) groups excluding carboxylic acids is 1. The van der Waals surface area contributed by atoms with Crippen molar-refractivity contribution < 1.29 is 9.53 Å². The van der Waals surface area contributed by atoms with Gasteiger partial charge in [0.1, 0.15) is 5.60 Å². The minimum Gasteiger partial charge on any atom is -0.368 e. The van der Waals surface area contributed by atoms with Gasteiger partial charge in [0, 0.05) is 13.7 Å². The van der Waals surface area contributed by atoms with E-state index in [9.17, 15) is 4.79 Å². The summed E-state index contributed by atoms with van der Waals surface area (Å²) in [6.07, 6.45) is 2.02. The van der Waals surface area contributed by atoms with E-state index in [1.165, 1.54) is 0 Å². The van der Waals surface area contributed by atoms with Gasteiger partial charge in [0.05, 0.1) is 10.0 Å². The van der Waals surface area contributed by atoms with Crippen molar-refractivity contribution in [1.29, 1.82) is 0 Å². The van der Waals surface area contributed by atoms with Crippen LogP contribution in [0.25, 0.3) is 0 Å². The van der Waals surface area contributed by atoms with Gasteiger partial charge in [-0.05, 0) is 44.0 Å². The summed E-state index contributed by atoms with van der Waals surface area (Å²) < 4.78 is 5.49. The van der Waals surface area contributed by atoms with Crippen LogP contribution in [0.2, 0.25) is 10.0 Å². The summed E-state index contributed by atoms with van der Waals surface area (Å²) in [6, 6.07) is 5.52. The molecule has 7 heteroatoms. The molecule has 2 rings (SSSR count). The fraction of sp³-hybridized carbons (Fsp3) is 0.533. The highest BCUT2D eigenvalue weighted by atomic mass is 35.5. The highest BCUT2D eigenvalue weighted by molar-refractivity contribution is 6.42. The van der Waals surface area contributed by atoms with Crippen molar-refractivity contribution in [1.82, 2.24) is 10.6 Å². The Balaban J connectivity index is 0.00000242. The van der Waals surface area contributed by atoms with Crippen LogP contribution in [0.4, 0.5) is 0 Å². The van der Waals surface area contributed by atoms with Crippen LogP contribution in [-0.2, 0) is 16.0 Å². The van der Waals surface area contributed by atoms with E-state index >= 15 is 0 Å². The number of carbonyl (C=O) groups is 1. The first-order valence-electron chi connectivity index (χ1n) is 7.06. The van der Waals surface area contributed by atoms with Crippen LogP contribution in [0.15, 0.2) is 18.2 Å². The molecule has 1 aromatic rings. The lowest BCUT2D eigenvalue weighted by Gasteiger charge is -2.34. The summed E-state index contributed by atoms with van der Waals surface area (Å²) in [4.78, 5) is 12.4. The maximum absolute atomic E-state index is 12.4. The monoisotopic (exact) mass is 366 g/mol. The fourth-order valence-corrected chi connectivity index (χ4v) is 2.98. The first-order chi connectivity index (χ1) is 10.1. The molecule has 4 nitrogen and oxygen atoms in total. The van der Waals surface area contributed by atoms with E-state index in [-0.39, 0.29) is 18.3 Å². The summed E-state index contributed by atoms with van der Waals surface area (Å²) in [7, 11) is 1.60. The molecule has 0 aromatic heterocycles. The Morgan fingerprint density at radius 1 is 1.36 bits per heavy atom. The molecule has 1 aromatic carbocycles. The summed E-state index contributed by atoms with van der Waals surface area (Å²) in [5.74, 6) is -0.0512. The zero-order chi connectivity index (χ0) is 15.3. The molecule has 22 heavy (non-hydrogen) atoms. The summed E-state index contributed by atoms with van der Waals surface area (Å²) >= 11 is 12.1. The molecule has 1 fully saturated rings. The zero-order valence-electron chi connectivity index (χ0n) is 12.5. The molecular formula is C15H21Cl3N2O2. The standard InChI is InChI=1S/C15H20Cl2N2O2.ClH/c1-21-15(6-9-18-10-7-15)14(20)19-8-5-11-3-2-4-12(16)13(11)17;/h2-4,18H,5-10H2,1H3,(H,19,20);1H. The number of amides is 1. The zero-order valence-corrected chi connectivity index (χ0v) is 14.8. The molecule has 0 unspecified atom stereocenters. The summed E-state index contributed by atoms with van der Waals surface area (Å²) in [6.45, 7) is 2.10. The lowest BCUT2D eigenvalue weighted by atomic mass is 9.91. The number of halogens is 3. The largest absolute Gasteiger partial charge is 0.368 e. The SMILES string of the molecule is COC1(C(=O)NCCc2cccc(Cl)c2Cl)CCNCC1.Cl. The molecule has 1 aliphatic rings. The van der Waals surface area contributed by atoms with Gasteiger partial charge in [0.15, 0.2) is 0 Å². The molecule has 1 saturated heterocycles. The van der Waals surface area contributed by atoms with Gasteiger partial charge in [0.2, 0.25) is 0 Å². The molecule has 1 aliphatic heterocycles. The van der Waals surface area contributed by atoms with Gasteiger partial charge in [-0.25, -0.2) is 0 Å². The molecule has 0 radical (unpaired) electrons. The van der Waals surface area contributed by atoms with Gasteiger partial charge in [-0.15, -0.1) is 12.4 Å². The number of methoxy groups -OCH3 is 1. The van der Waals surface area contributed by atoms with Gasteiger partial charge < -0.3 is 15.4 Å². The topological polar surface area (TPSA) is 50.4 Å². The van der Waals surface area contributed by atoms with Crippen molar-refractivity contribution in [2.24, 2.45) is 0 Å². The van der Waals surface area contributed by atoms with Crippen LogP contribution >= 0.6 is 35.6 Å². The van der Waals surface area contributed by atoms with E-state index in [0.29, 0.717) is 35.9 Å². The van der Waals surface area contributed by atoms with Crippen LogP contribution in [0.3, 0.4) is 0 Å². The van der Waals surface area contributed by atoms with Gasteiger partial charge in [-0.2, -0.15) is 0 Å². The Morgan fingerprint density at radius 3 is 2.68 bits per heavy atom. The van der Waals surface area contributed by atoms with E-state index in [1.807, 2.05) is 12.1 Å². The van der Waals surface area contributed by atoms with E-state index in [2.05, 4.69) is 10.6 Å². The number of hydrogen-bond acceptors (Lipinski definition) is 3. The number of hydrogen-bond donors (Lipinski definition) is 2. The molecule has 124 valence electrons. The van der Waals surface area contributed by atoms with Crippen molar-refractivity contribution >= 4 is 41.5 Å².